The maximum atomic E-state index is 12.1. The molecule has 0 spiro atoms. The number of nitrogens with zero attached hydrogens (tertiary/aromatic N) is 2. The summed E-state index contributed by atoms with van der Waals surface area (Å²) in [5.41, 5.74) is -1.09. The highest BCUT2D eigenvalue weighted by molar-refractivity contribution is 5.32. The van der Waals surface area contributed by atoms with E-state index in [1.807, 2.05) is 0 Å². The molecular formula is C8H5F3N2O. The van der Waals surface area contributed by atoms with E-state index < -0.39 is 17.5 Å². The van der Waals surface area contributed by atoms with E-state index in [2.05, 4.69) is 4.98 Å². The predicted molar refractivity (Wildman–Crippen MR) is 40.2 cm³/mol. The number of rotatable bonds is 1. The summed E-state index contributed by atoms with van der Waals surface area (Å²) < 4.78 is 36.2. The van der Waals surface area contributed by atoms with Crippen LogP contribution in [-0.4, -0.2) is 10.1 Å². The van der Waals surface area contributed by atoms with Gasteiger partial charge in [0.15, 0.2) is 0 Å². The van der Waals surface area contributed by atoms with E-state index in [4.69, 9.17) is 10.4 Å². The second kappa shape index (κ2) is 3.54. The number of pyridine rings is 1. The van der Waals surface area contributed by atoms with Gasteiger partial charge in [-0.25, -0.2) is 0 Å². The standard InChI is InChI=1S/C8H5F3N2O/c9-8(10,11)5-3-7(14)6(1-2-12)13-4-5/h3-4,14H,1H2. The number of alkyl halides is 3. The zero-order valence-electron chi connectivity index (χ0n) is 6.84. The molecule has 0 saturated carbocycles. The summed E-state index contributed by atoms with van der Waals surface area (Å²) in [4.78, 5) is 3.34. The van der Waals surface area contributed by atoms with Gasteiger partial charge in [-0.2, -0.15) is 18.4 Å². The van der Waals surface area contributed by atoms with E-state index in [9.17, 15) is 13.2 Å². The Bertz CT molecular complexity index is 381. The van der Waals surface area contributed by atoms with Crippen LogP contribution in [0, 0.1) is 11.3 Å². The number of aromatic hydroxyl groups is 1. The van der Waals surface area contributed by atoms with Crippen LogP contribution in [0.5, 0.6) is 5.75 Å². The summed E-state index contributed by atoms with van der Waals surface area (Å²) in [7, 11) is 0. The lowest BCUT2D eigenvalue weighted by Gasteiger charge is -2.07. The third-order valence-electron chi connectivity index (χ3n) is 1.52. The lowest BCUT2D eigenvalue weighted by molar-refractivity contribution is -0.138. The van der Waals surface area contributed by atoms with Crippen LogP contribution < -0.4 is 0 Å². The maximum Gasteiger partial charge on any atom is 0.418 e. The molecule has 1 rings (SSSR count). The Morgan fingerprint density at radius 1 is 1.50 bits per heavy atom. The van der Waals surface area contributed by atoms with Gasteiger partial charge in [0.25, 0.3) is 0 Å². The minimum Gasteiger partial charge on any atom is -0.506 e. The normalized spacial score (nSPS) is 11.0. The zero-order chi connectivity index (χ0) is 10.8. The Balaban J connectivity index is 3.08. The molecule has 0 amide bonds. The fourth-order valence-electron chi connectivity index (χ4n) is 0.848. The van der Waals surface area contributed by atoms with Crippen molar-refractivity contribution in [2.24, 2.45) is 0 Å². The zero-order valence-corrected chi connectivity index (χ0v) is 6.84. The topological polar surface area (TPSA) is 56.9 Å². The van der Waals surface area contributed by atoms with Gasteiger partial charge in [0.1, 0.15) is 5.75 Å². The second-order valence-electron chi connectivity index (χ2n) is 2.52. The van der Waals surface area contributed by atoms with Crippen LogP contribution >= 0.6 is 0 Å². The Morgan fingerprint density at radius 2 is 2.14 bits per heavy atom. The minimum atomic E-state index is -4.53. The molecule has 0 aromatic carbocycles. The molecule has 1 aromatic rings. The van der Waals surface area contributed by atoms with Gasteiger partial charge in [-0.1, -0.05) is 0 Å². The summed E-state index contributed by atoms with van der Waals surface area (Å²) in [5.74, 6) is -0.610. The van der Waals surface area contributed by atoms with Gasteiger partial charge in [-0.15, -0.1) is 0 Å². The molecule has 74 valence electrons. The van der Waals surface area contributed by atoms with Crippen molar-refractivity contribution < 1.29 is 18.3 Å². The Morgan fingerprint density at radius 3 is 2.57 bits per heavy atom. The maximum absolute atomic E-state index is 12.1. The minimum absolute atomic E-state index is 0.0551. The lowest BCUT2D eigenvalue weighted by atomic mass is 10.2. The summed E-state index contributed by atoms with van der Waals surface area (Å²) in [6.07, 6.45) is -4.16. The molecule has 0 bridgehead atoms. The summed E-state index contributed by atoms with van der Waals surface area (Å²) in [6.45, 7) is 0. The van der Waals surface area contributed by atoms with Crippen molar-refractivity contribution >= 4 is 0 Å². The number of nitriles is 1. The first-order valence-corrected chi connectivity index (χ1v) is 3.57. The van der Waals surface area contributed by atoms with Crippen molar-refractivity contribution in [1.82, 2.24) is 4.98 Å². The smallest absolute Gasteiger partial charge is 0.418 e. The largest absolute Gasteiger partial charge is 0.506 e. The van der Waals surface area contributed by atoms with Gasteiger partial charge in [-0.3, -0.25) is 4.98 Å². The van der Waals surface area contributed by atoms with Crippen LogP contribution in [0.1, 0.15) is 11.3 Å². The third kappa shape index (κ3) is 2.13. The molecular weight excluding hydrogens is 197 g/mol. The molecule has 0 aliphatic carbocycles. The van der Waals surface area contributed by atoms with Crippen molar-refractivity contribution in [2.45, 2.75) is 12.6 Å². The summed E-state index contributed by atoms with van der Waals surface area (Å²) in [6, 6.07) is 2.23. The molecule has 0 radical (unpaired) electrons. The van der Waals surface area contributed by atoms with Crippen molar-refractivity contribution in [1.29, 1.82) is 5.26 Å². The SMILES string of the molecule is N#CCc1ncc(C(F)(F)F)cc1O. The van der Waals surface area contributed by atoms with Gasteiger partial charge in [0, 0.05) is 6.20 Å². The predicted octanol–water partition coefficient (Wildman–Crippen LogP) is 1.87. The Hall–Kier alpha value is -1.77. The molecule has 3 nitrogen and oxygen atoms in total. The molecule has 6 heteroatoms. The Kier molecular flexibility index (Phi) is 2.60. The van der Waals surface area contributed by atoms with Crippen LogP contribution in [0.3, 0.4) is 0 Å². The monoisotopic (exact) mass is 202 g/mol. The summed E-state index contributed by atoms with van der Waals surface area (Å²) >= 11 is 0. The van der Waals surface area contributed by atoms with Gasteiger partial charge < -0.3 is 5.11 Å². The van der Waals surface area contributed by atoms with Crippen LogP contribution in [-0.2, 0) is 12.6 Å². The fourth-order valence-corrected chi connectivity index (χ4v) is 0.848. The number of halogens is 3. The van der Waals surface area contributed by atoms with Gasteiger partial charge >= 0.3 is 6.18 Å². The molecule has 1 aromatic heterocycles. The molecule has 0 fully saturated rings. The van der Waals surface area contributed by atoms with Crippen molar-refractivity contribution in [2.75, 3.05) is 0 Å². The van der Waals surface area contributed by atoms with Crippen LogP contribution in [0.2, 0.25) is 0 Å². The van der Waals surface area contributed by atoms with E-state index in [0.29, 0.717) is 12.3 Å². The molecule has 1 N–H and O–H groups in total. The quantitative estimate of drug-likeness (QED) is 0.756. The number of aromatic nitrogens is 1. The van der Waals surface area contributed by atoms with Crippen LogP contribution in [0.4, 0.5) is 13.2 Å². The van der Waals surface area contributed by atoms with E-state index in [0.717, 1.165) is 0 Å². The van der Waals surface area contributed by atoms with E-state index in [-0.39, 0.29) is 12.1 Å². The molecule has 0 saturated heterocycles. The average molecular weight is 202 g/mol. The van der Waals surface area contributed by atoms with Crippen molar-refractivity contribution in [3.05, 3.63) is 23.5 Å². The Labute approximate surface area is 77.4 Å². The van der Waals surface area contributed by atoms with Gasteiger partial charge in [0.05, 0.1) is 23.7 Å². The van der Waals surface area contributed by atoms with Crippen molar-refractivity contribution in [3.8, 4) is 11.8 Å². The van der Waals surface area contributed by atoms with E-state index >= 15 is 0 Å². The number of hydrogen-bond acceptors (Lipinski definition) is 3. The first-order chi connectivity index (χ1) is 6.45. The molecule has 1 heterocycles. The van der Waals surface area contributed by atoms with Crippen molar-refractivity contribution in [3.63, 3.8) is 0 Å². The lowest BCUT2D eigenvalue weighted by Crippen LogP contribution is -2.06. The van der Waals surface area contributed by atoms with E-state index in [1.54, 1.807) is 6.07 Å². The highest BCUT2D eigenvalue weighted by Gasteiger charge is 2.31. The van der Waals surface area contributed by atoms with Crippen LogP contribution in [0.15, 0.2) is 12.3 Å². The van der Waals surface area contributed by atoms with Gasteiger partial charge in [0.2, 0.25) is 0 Å². The molecule has 0 unspecified atom stereocenters. The molecule has 14 heavy (non-hydrogen) atoms. The fraction of sp³-hybridized carbons (Fsp3) is 0.250. The second-order valence-corrected chi connectivity index (χ2v) is 2.52. The molecule has 0 atom stereocenters. The first kappa shape index (κ1) is 10.3. The molecule has 0 aliphatic rings. The first-order valence-electron chi connectivity index (χ1n) is 3.57. The van der Waals surface area contributed by atoms with Crippen LogP contribution in [0.25, 0.3) is 0 Å². The highest BCUT2D eigenvalue weighted by Crippen LogP contribution is 2.31. The highest BCUT2D eigenvalue weighted by atomic mass is 19.4. The summed E-state index contributed by atoms with van der Waals surface area (Å²) in [5, 5.41) is 17.3. The average Bonchev–Trinajstić information content (AvgIpc) is 2.07. The molecule has 0 aliphatic heterocycles. The van der Waals surface area contributed by atoms with E-state index in [1.165, 1.54) is 0 Å². The number of hydrogen-bond donors (Lipinski definition) is 1. The third-order valence-corrected chi connectivity index (χ3v) is 1.52. The van der Waals surface area contributed by atoms with Gasteiger partial charge in [-0.05, 0) is 6.07 Å².